The normalized spacial score (nSPS) is 15.7. The van der Waals surface area contributed by atoms with Crippen molar-refractivity contribution in [3.8, 4) is 0 Å². The van der Waals surface area contributed by atoms with Gasteiger partial charge in [0.05, 0.1) is 12.1 Å². The third kappa shape index (κ3) is 3.97. The first kappa shape index (κ1) is 14.4. The lowest BCUT2D eigenvalue weighted by molar-refractivity contribution is -0.137. The maximum atomic E-state index is 11.8. The lowest BCUT2D eigenvalue weighted by Gasteiger charge is -2.16. The minimum absolute atomic E-state index is 0.0238. The molecule has 110 valence electrons. The molecule has 1 saturated carbocycles. The number of aromatic nitrogens is 2. The van der Waals surface area contributed by atoms with Crippen LogP contribution in [0.5, 0.6) is 0 Å². The van der Waals surface area contributed by atoms with E-state index in [0.717, 1.165) is 24.1 Å². The van der Waals surface area contributed by atoms with Gasteiger partial charge in [0, 0.05) is 31.4 Å². The van der Waals surface area contributed by atoms with Gasteiger partial charge >= 0.3 is 12.0 Å². The molecule has 1 aliphatic carbocycles. The van der Waals surface area contributed by atoms with Crippen molar-refractivity contribution < 1.29 is 14.7 Å². The van der Waals surface area contributed by atoms with E-state index >= 15 is 0 Å². The van der Waals surface area contributed by atoms with Crippen LogP contribution in [0.15, 0.2) is 6.20 Å². The summed E-state index contributed by atoms with van der Waals surface area (Å²) in [5.41, 5.74) is 1.82. The van der Waals surface area contributed by atoms with Gasteiger partial charge in [-0.1, -0.05) is 0 Å². The van der Waals surface area contributed by atoms with E-state index in [1.807, 2.05) is 20.2 Å². The molecule has 1 atom stereocenters. The van der Waals surface area contributed by atoms with Crippen LogP contribution in [-0.4, -0.2) is 32.9 Å². The van der Waals surface area contributed by atoms with Crippen LogP contribution in [0, 0.1) is 12.8 Å². The Morgan fingerprint density at radius 3 is 2.75 bits per heavy atom. The molecule has 2 amide bonds. The zero-order valence-electron chi connectivity index (χ0n) is 11.7. The summed E-state index contributed by atoms with van der Waals surface area (Å²) in [7, 11) is 1.83. The number of nitrogens with zero attached hydrogens (tertiary/aromatic N) is 2. The molecule has 1 aliphatic rings. The Bertz CT molecular complexity index is 508. The van der Waals surface area contributed by atoms with Crippen molar-refractivity contribution in [2.45, 2.75) is 38.8 Å². The average Bonchev–Trinajstić information content (AvgIpc) is 3.12. The largest absolute Gasteiger partial charge is 0.481 e. The van der Waals surface area contributed by atoms with Crippen LogP contribution in [-0.2, 0) is 18.4 Å². The van der Waals surface area contributed by atoms with Crippen LogP contribution in [0.1, 0.15) is 30.5 Å². The van der Waals surface area contributed by atoms with E-state index in [4.69, 9.17) is 5.11 Å². The van der Waals surface area contributed by atoms with E-state index < -0.39 is 5.97 Å². The summed E-state index contributed by atoms with van der Waals surface area (Å²) in [6.45, 7) is 2.27. The van der Waals surface area contributed by atoms with Gasteiger partial charge in [-0.3, -0.25) is 9.48 Å². The summed E-state index contributed by atoms with van der Waals surface area (Å²) >= 11 is 0. The van der Waals surface area contributed by atoms with Crippen LogP contribution >= 0.6 is 0 Å². The summed E-state index contributed by atoms with van der Waals surface area (Å²) < 4.78 is 1.70. The summed E-state index contributed by atoms with van der Waals surface area (Å²) in [5.74, 6) is -0.581. The molecule has 7 nitrogen and oxygen atoms in total. The van der Waals surface area contributed by atoms with Gasteiger partial charge in [-0.05, 0) is 25.7 Å². The van der Waals surface area contributed by atoms with E-state index in [1.54, 1.807) is 4.68 Å². The number of nitrogens with one attached hydrogen (secondary N) is 2. The Morgan fingerprint density at radius 2 is 2.25 bits per heavy atom. The number of amides is 2. The van der Waals surface area contributed by atoms with E-state index in [9.17, 15) is 9.59 Å². The summed E-state index contributed by atoms with van der Waals surface area (Å²) in [4.78, 5) is 22.6. The molecular weight excluding hydrogens is 260 g/mol. The lowest BCUT2D eigenvalue weighted by atomic mass is 10.1. The average molecular weight is 280 g/mol. The Labute approximate surface area is 117 Å². The SMILES string of the molecule is Cc1nn(C)cc1CNC(=O)NC(CC(=O)O)C1CC1. The highest BCUT2D eigenvalue weighted by molar-refractivity contribution is 5.75. The Morgan fingerprint density at radius 1 is 1.55 bits per heavy atom. The lowest BCUT2D eigenvalue weighted by Crippen LogP contribution is -2.43. The molecular formula is C13H20N4O3. The van der Waals surface area contributed by atoms with Gasteiger partial charge in [-0.15, -0.1) is 0 Å². The Hall–Kier alpha value is -2.05. The molecule has 7 heteroatoms. The molecule has 1 unspecified atom stereocenters. The van der Waals surface area contributed by atoms with Gasteiger partial charge in [0.1, 0.15) is 0 Å². The number of rotatable bonds is 6. The quantitative estimate of drug-likeness (QED) is 0.717. The van der Waals surface area contributed by atoms with Gasteiger partial charge in [-0.2, -0.15) is 5.10 Å². The number of carbonyl (C=O) groups excluding carboxylic acids is 1. The van der Waals surface area contributed by atoms with E-state index in [0.29, 0.717) is 12.5 Å². The van der Waals surface area contributed by atoms with Crippen LogP contribution in [0.4, 0.5) is 4.79 Å². The monoisotopic (exact) mass is 280 g/mol. The Balaban J connectivity index is 1.82. The standard InChI is InChI=1S/C13H20N4O3/c1-8-10(7-17(2)16-8)6-14-13(20)15-11(5-12(18)19)9-3-4-9/h7,9,11H,3-6H2,1-2H3,(H,18,19)(H2,14,15,20). The van der Waals surface area contributed by atoms with Crippen molar-refractivity contribution >= 4 is 12.0 Å². The van der Waals surface area contributed by atoms with Crippen LogP contribution < -0.4 is 10.6 Å². The number of hydrogen-bond acceptors (Lipinski definition) is 3. The molecule has 0 spiro atoms. The minimum atomic E-state index is -0.884. The number of aryl methyl sites for hydroxylation is 2. The third-order valence-corrected chi connectivity index (χ3v) is 3.46. The number of hydrogen-bond donors (Lipinski definition) is 3. The second-order valence-electron chi connectivity index (χ2n) is 5.28. The highest BCUT2D eigenvalue weighted by Crippen LogP contribution is 2.33. The molecule has 0 radical (unpaired) electrons. The third-order valence-electron chi connectivity index (χ3n) is 3.46. The second-order valence-corrected chi connectivity index (χ2v) is 5.28. The van der Waals surface area contributed by atoms with Gasteiger partial charge in [0.25, 0.3) is 0 Å². The van der Waals surface area contributed by atoms with Gasteiger partial charge in [0.2, 0.25) is 0 Å². The first-order chi connectivity index (χ1) is 9.45. The number of aliphatic carboxylic acids is 1. The Kier molecular flexibility index (Phi) is 4.26. The molecule has 0 aliphatic heterocycles. The highest BCUT2D eigenvalue weighted by atomic mass is 16.4. The highest BCUT2D eigenvalue weighted by Gasteiger charge is 2.33. The second kappa shape index (κ2) is 5.94. The molecule has 0 saturated heterocycles. The van der Waals surface area contributed by atoms with Crippen molar-refractivity contribution in [1.82, 2.24) is 20.4 Å². The summed E-state index contributed by atoms with van der Waals surface area (Å²) in [5, 5.41) is 18.5. The maximum Gasteiger partial charge on any atom is 0.315 e. The zero-order chi connectivity index (χ0) is 14.7. The number of urea groups is 1. The minimum Gasteiger partial charge on any atom is -0.481 e. The first-order valence-corrected chi connectivity index (χ1v) is 6.71. The predicted molar refractivity (Wildman–Crippen MR) is 72.1 cm³/mol. The molecule has 0 aromatic carbocycles. The number of carbonyl (C=O) groups is 2. The van der Waals surface area contributed by atoms with Crippen molar-refractivity contribution in [3.63, 3.8) is 0 Å². The zero-order valence-corrected chi connectivity index (χ0v) is 11.7. The molecule has 1 heterocycles. The maximum absolute atomic E-state index is 11.8. The van der Waals surface area contributed by atoms with E-state index in [1.165, 1.54) is 0 Å². The molecule has 1 fully saturated rings. The fraction of sp³-hybridized carbons (Fsp3) is 0.615. The summed E-state index contributed by atoms with van der Waals surface area (Å²) in [6.07, 6.45) is 3.80. The first-order valence-electron chi connectivity index (χ1n) is 6.71. The molecule has 0 bridgehead atoms. The fourth-order valence-electron chi connectivity index (χ4n) is 2.24. The van der Waals surface area contributed by atoms with Gasteiger partial charge in [0.15, 0.2) is 0 Å². The van der Waals surface area contributed by atoms with Crippen molar-refractivity contribution in [3.05, 3.63) is 17.5 Å². The molecule has 1 aromatic heterocycles. The number of carboxylic acids is 1. The molecule has 1 aromatic rings. The van der Waals surface area contributed by atoms with Crippen LogP contribution in [0.25, 0.3) is 0 Å². The predicted octanol–water partition coefficient (Wildman–Crippen LogP) is 0.781. The van der Waals surface area contributed by atoms with Crippen LogP contribution in [0.3, 0.4) is 0 Å². The van der Waals surface area contributed by atoms with Crippen molar-refractivity contribution in [1.29, 1.82) is 0 Å². The van der Waals surface area contributed by atoms with Gasteiger partial charge in [-0.25, -0.2) is 4.79 Å². The molecule has 20 heavy (non-hydrogen) atoms. The topological polar surface area (TPSA) is 96.3 Å². The molecule has 2 rings (SSSR count). The van der Waals surface area contributed by atoms with Gasteiger partial charge < -0.3 is 15.7 Å². The van der Waals surface area contributed by atoms with Crippen molar-refractivity contribution in [2.75, 3.05) is 0 Å². The van der Waals surface area contributed by atoms with Crippen molar-refractivity contribution in [2.24, 2.45) is 13.0 Å². The number of carboxylic acid groups (broad SMARTS) is 1. The van der Waals surface area contributed by atoms with Crippen LogP contribution in [0.2, 0.25) is 0 Å². The fourth-order valence-corrected chi connectivity index (χ4v) is 2.24. The summed E-state index contributed by atoms with van der Waals surface area (Å²) in [6, 6.07) is -0.603. The van der Waals surface area contributed by atoms with E-state index in [-0.39, 0.29) is 18.5 Å². The smallest absolute Gasteiger partial charge is 0.315 e. The van der Waals surface area contributed by atoms with E-state index in [2.05, 4.69) is 15.7 Å². The molecule has 3 N–H and O–H groups in total.